The molecule has 1 aromatic rings. The highest BCUT2D eigenvalue weighted by atomic mass is 16.7. The standard InChI is InChI=1S/C11H15NO2/c1-2-3-9-11(13)12-14-10-7-5-4-6-8-10/h4-8H,2-3,9H2,1H3,(H,12,13). The zero-order chi connectivity index (χ0) is 10.2. The number of amides is 1. The van der Waals surface area contributed by atoms with Gasteiger partial charge in [0.2, 0.25) is 0 Å². The van der Waals surface area contributed by atoms with Gasteiger partial charge in [0.1, 0.15) is 0 Å². The molecule has 14 heavy (non-hydrogen) atoms. The number of para-hydroxylation sites is 1. The summed E-state index contributed by atoms with van der Waals surface area (Å²) >= 11 is 0. The molecule has 0 spiro atoms. The zero-order valence-electron chi connectivity index (χ0n) is 8.32. The van der Waals surface area contributed by atoms with Gasteiger partial charge in [0.05, 0.1) is 0 Å². The van der Waals surface area contributed by atoms with E-state index in [4.69, 9.17) is 4.84 Å². The summed E-state index contributed by atoms with van der Waals surface area (Å²) in [6.45, 7) is 2.05. The molecule has 3 nitrogen and oxygen atoms in total. The lowest BCUT2D eigenvalue weighted by Gasteiger charge is -2.05. The van der Waals surface area contributed by atoms with Crippen LogP contribution >= 0.6 is 0 Å². The fraction of sp³-hybridized carbons (Fsp3) is 0.364. The molecule has 0 radical (unpaired) electrons. The Bertz CT molecular complexity index is 272. The monoisotopic (exact) mass is 193 g/mol. The van der Waals surface area contributed by atoms with Gasteiger partial charge >= 0.3 is 0 Å². The summed E-state index contributed by atoms with van der Waals surface area (Å²) in [5.74, 6) is 0.577. The number of rotatable bonds is 5. The van der Waals surface area contributed by atoms with Crippen LogP contribution in [-0.2, 0) is 4.79 Å². The molecule has 3 heteroatoms. The lowest BCUT2D eigenvalue weighted by molar-refractivity contribution is -0.127. The lowest BCUT2D eigenvalue weighted by Crippen LogP contribution is -2.26. The van der Waals surface area contributed by atoms with E-state index in [-0.39, 0.29) is 5.91 Å². The molecular weight excluding hydrogens is 178 g/mol. The van der Waals surface area contributed by atoms with Gasteiger partial charge in [0.25, 0.3) is 5.91 Å². The molecule has 0 heterocycles. The number of nitrogens with one attached hydrogen (secondary N) is 1. The van der Waals surface area contributed by atoms with Crippen molar-refractivity contribution in [2.24, 2.45) is 0 Å². The Balaban J connectivity index is 2.24. The Morgan fingerprint density at radius 3 is 2.71 bits per heavy atom. The van der Waals surface area contributed by atoms with Crippen LogP contribution in [0.3, 0.4) is 0 Å². The SMILES string of the molecule is CCCCC(=O)NOc1ccccc1. The smallest absolute Gasteiger partial charge is 0.252 e. The number of unbranched alkanes of at least 4 members (excludes halogenated alkanes) is 1. The first-order valence-corrected chi connectivity index (χ1v) is 4.83. The maximum atomic E-state index is 11.1. The molecule has 76 valence electrons. The number of hydrogen-bond donors (Lipinski definition) is 1. The third-order valence-electron chi connectivity index (χ3n) is 1.78. The second kappa shape index (κ2) is 6.02. The van der Waals surface area contributed by atoms with E-state index in [1.54, 1.807) is 12.1 Å². The van der Waals surface area contributed by atoms with Gasteiger partial charge in [-0.2, -0.15) is 5.48 Å². The summed E-state index contributed by atoms with van der Waals surface area (Å²) < 4.78 is 0. The fourth-order valence-corrected chi connectivity index (χ4v) is 0.993. The maximum Gasteiger partial charge on any atom is 0.252 e. The number of carbonyl (C=O) groups is 1. The molecule has 1 aromatic carbocycles. The van der Waals surface area contributed by atoms with Crippen molar-refractivity contribution in [1.82, 2.24) is 5.48 Å². The third kappa shape index (κ3) is 3.94. The van der Waals surface area contributed by atoms with Gasteiger partial charge in [-0.1, -0.05) is 31.5 Å². The summed E-state index contributed by atoms with van der Waals surface area (Å²) in [5, 5.41) is 0. The number of hydrogen-bond acceptors (Lipinski definition) is 2. The van der Waals surface area contributed by atoms with Crippen molar-refractivity contribution in [3.8, 4) is 5.75 Å². The third-order valence-corrected chi connectivity index (χ3v) is 1.78. The van der Waals surface area contributed by atoms with Crippen LogP contribution in [0, 0.1) is 0 Å². The van der Waals surface area contributed by atoms with E-state index in [9.17, 15) is 4.79 Å². The predicted molar refractivity (Wildman–Crippen MR) is 54.7 cm³/mol. The molecule has 0 saturated carbocycles. The van der Waals surface area contributed by atoms with E-state index >= 15 is 0 Å². The summed E-state index contributed by atoms with van der Waals surface area (Å²) in [5.41, 5.74) is 2.39. The van der Waals surface area contributed by atoms with Crippen LogP contribution in [0.5, 0.6) is 5.75 Å². The maximum absolute atomic E-state index is 11.1. The minimum Gasteiger partial charge on any atom is -0.380 e. The van der Waals surface area contributed by atoms with Crippen LogP contribution in [0.1, 0.15) is 26.2 Å². The Kier molecular flexibility index (Phi) is 4.55. The van der Waals surface area contributed by atoms with E-state index in [1.165, 1.54) is 0 Å². The molecular formula is C11H15NO2. The van der Waals surface area contributed by atoms with Crippen molar-refractivity contribution in [1.29, 1.82) is 0 Å². The first-order chi connectivity index (χ1) is 6.83. The van der Waals surface area contributed by atoms with Gasteiger partial charge < -0.3 is 4.84 Å². The number of benzene rings is 1. The Morgan fingerprint density at radius 2 is 2.07 bits per heavy atom. The van der Waals surface area contributed by atoms with Crippen LogP contribution < -0.4 is 10.3 Å². The topological polar surface area (TPSA) is 38.3 Å². The van der Waals surface area contributed by atoms with Crippen molar-refractivity contribution < 1.29 is 9.63 Å². The lowest BCUT2D eigenvalue weighted by atomic mass is 10.2. The highest BCUT2D eigenvalue weighted by Crippen LogP contribution is 2.06. The van der Waals surface area contributed by atoms with Crippen molar-refractivity contribution in [2.75, 3.05) is 0 Å². The first-order valence-electron chi connectivity index (χ1n) is 4.83. The van der Waals surface area contributed by atoms with Gasteiger partial charge in [-0.05, 0) is 18.6 Å². The van der Waals surface area contributed by atoms with Crippen LogP contribution in [0.4, 0.5) is 0 Å². The van der Waals surface area contributed by atoms with E-state index < -0.39 is 0 Å². The van der Waals surface area contributed by atoms with E-state index in [0.717, 1.165) is 12.8 Å². The van der Waals surface area contributed by atoms with Crippen molar-refractivity contribution in [2.45, 2.75) is 26.2 Å². The number of carbonyl (C=O) groups excluding carboxylic acids is 1. The molecule has 0 fully saturated rings. The normalized spacial score (nSPS) is 9.50. The highest BCUT2D eigenvalue weighted by molar-refractivity contribution is 5.74. The molecule has 1 N–H and O–H groups in total. The summed E-state index contributed by atoms with van der Waals surface area (Å²) in [6, 6.07) is 9.19. The predicted octanol–water partition coefficient (Wildman–Crippen LogP) is 2.29. The van der Waals surface area contributed by atoms with E-state index in [0.29, 0.717) is 12.2 Å². The first kappa shape index (κ1) is 10.6. The Labute approximate surface area is 84.0 Å². The van der Waals surface area contributed by atoms with Crippen molar-refractivity contribution in [3.63, 3.8) is 0 Å². The Morgan fingerprint density at radius 1 is 1.36 bits per heavy atom. The Hall–Kier alpha value is -1.51. The van der Waals surface area contributed by atoms with Gasteiger partial charge in [-0.25, -0.2) is 0 Å². The van der Waals surface area contributed by atoms with Crippen molar-refractivity contribution >= 4 is 5.91 Å². The average Bonchev–Trinajstić information content (AvgIpc) is 2.25. The van der Waals surface area contributed by atoms with Gasteiger partial charge in [0.15, 0.2) is 5.75 Å². The van der Waals surface area contributed by atoms with Crippen molar-refractivity contribution in [3.05, 3.63) is 30.3 Å². The largest absolute Gasteiger partial charge is 0.380 e. The summed E-state index contributed by atoms with van der Waals surface area (Å²) in [4.78, 5) is 16.2. The highest BCUT2D eigenvalue weighted by Gasteiger charge is 1.99. The van der Waals surface area contributed by atoms with Crippen LogP contribution in [-0.4, -0.2) is 5.91 Å². The molecule has 0 atom stereocenters. The van der Waals surface area contributed by atoms with Gasteiger partial charge in [0, 0.05) is 6.42 Å². The van der Waals surface area contributed by atoms with Crippen LogP contribution in [0.25, 0.3) is 0 Å². The van der Waals surface area contributed by atoms with E-state index in [1.807, 2.05) is 25.1 Å². The zero-order valence-corrected chi connectivity index (χ0v) is 8.32. The molecule has 1 amide bonds. The molecule has 0 bridgehead atoms. The minimum atomic E-state index is -0.0734. The second-order valence-electron chi connectivity index (χ2n) is 3.04. The fourth-order valence-electron chi connectivity index (χ4n) is 0.993. The summed E-state index contributed by atoms with van der Waals surface area (Å²) in [6.07, 6.45) is 2.42. The molecule has 0 aliphatic rings. The quantitative estimate of drug-likeness (QED) is 0.728. The molecule has 0 saturated heterocycles. The van der Waals surface area contributed by atoms with Crippen LogP contribution in [0.15, 0.2) is 30.3 Å². The minimum absolute atomic E-state index is 0.0734. The molecule has 0 unspecified atom stereocenters. The molecule has 0 aliphatic carbocycles. The molecule has 1 rings (SSSR count). The van der Waals surface area contributed by atoms with E-state index in [2.05, 4.69) is 5.48 Å². The number of hydroxylamine groups is 1. The van der Waals surface area contributed by atoms with Gasteiger partial charge in [-0.3, -0.25) is 4.79 Å². The van der Waals surface area contributed by atoms with Crippen LogP contribution in [0.2, 0.25) is 0 Å². The summed E-state index contributed by atoms with van der Waals surface area (Å²) in [7, 11) is 0. The average molecular weight is 193 g/mol. The van der Waals surface area contributed by atoms with Gasteiger partial charge in [-0.15, -0.1) is 0 Å². The second-order valence-corrected chi connectivity index (χ2v) is 3.04. The molecule has 0 aliphatic heterocycles. The molecule has 0 aromatic heterocycles.